The van der Waals surface area contributed by atoms with Crippen LogP contribution < -0.4 is 9.46 Å². The predicted octanol–water partition coefficient (Wildman–Crippen LogP) is 2.31. The largest absolute Gasteiger partial charge is 0.494 e. The quantitative estimate of drug-likeness (QED) is 0.780. The molecule has 1 aromatic carbocycles. The van der Waals surface area contributed by atoms with Crippen LogP contribution in [0.25, 0.3) is 10.9 Å². The summed E-state index contributed by atoms with van der Waals surface area (Å²) in [5.41, 5.74) is 0.505. The van der Waals surface area contributed by atoms with Gasteiger partial charge in [-0.15, -0.1) is 0 Å². The maximum Gasteiger partial charge on any atom is 0.241 e. The van der Waals surface area contributed by atoms with E-state index in [1.165, 1.54) is 19.4 Å². The van der Waals surface area contributed by atoms with Crippen LogP contribution in [0.4, 0.5) is 0 Å². The smallest absolute Gasteiger partial charge is 0.241 e. The Bertz CT molecular complexity index is 889. The van der Waals surface area contributed by atoms with Gasteiger partial charge in [-0.05, 0) is 36.4 Å². The summed E-state index contributed by atoms with van der Waals surface area (Å²) in [6.07, 6.45) is 3.09. The highest BCUT2D eigenvalue weighted by Gasteiger charge is 2.19. The molecule has 6 nitrogen and oxygen atoms in total. The van der Waals surface area contributed by atoms with E-state index >= 15 is 0 Å². The van der Waals surface area contributed by atoms with Gasteiger partial charge < -0.3 is 9.15 Å². The number of ether oxygens (including phenoxy) is 1. The van der Waals surface area contributed by atoms with Crippen molar-refractivity contribution < 1.29 is 17.6 Å². The summed E-state index contributed by atoms with van der Waals surface area (Å²) in [6.45, 7) is 0.0864. The SMILES string of the molecule is COc1ccc(S(=O)(=O)NCc2ccco2)c2cccnc12. The zero-order valence-electron chi connectivity index (χ0n) is 11.8. The normalized spacial score (nSPS) is 11.7. The zero-order chi connectivity index (χ0) is 15.6. The number of methoxy groups -OCH3 is 1. The molecular weight excluding hydrogens is 304 g/mol. The molecule has 114 valence electrons. The lowest BCUT2D eigenvalue weighted by molar-refractivity contribution is 0.418. The van der Waals surface area contributed by atoms with Gasteiger partial charge >= 0.3 is 0 Å². The van der Waals surface area contributed by atoms with E-state index in [9.17, 15) is 8.42 Å². The number of nitrogens with zero attached hydrogens (tertiary/aromatic N) is 1. The molecule has 0 aliphatic carbocycles. The standard InChI is InChI=1S/C15H14N2O4S/c1-20-13-6-7-14(12-5-2-8-16-15(12)13)22(18,19)17-10-11-4-3-9-21-11/h2-9,17H,10H2,1H3. The molecule has 22 heavy (non-hydrogen) atoms. The second kappa shape index (κ2) is 5.78. The molecule has 1 N–H and O–H groups in total. The molecule has 2 heterocycles. The summed E-state index contributed by atoms with van der Waals surface area (Å²) in [5, 5.41) is 0.508. The number of nitrogens with one attached hydrogen (secondary N) is 1. The van der Waals surface area contributed by atoms with Gasteiger partial charge in [0.2, 0.25) is 10.0 Å². The van der Waals surface area contributed by atoms with E-state index in [0.717, 1.165) is 0 Å². The fourth-order valence-corrected chi connectivity index (χ4v) is 3.37. The fourth-order valence-electron chi connectivity index (χ4n) is 2.18. The highest BCUT2D eigenvalue weighted by molar-refractivity contribution is 7.89. The monoisotopic (exact) mass is 318 g/mol. The van der Waals surface area contributed by atoms with Crippen molar-refractivity contribution in [1.82, 2.24) is 9.71 Å². The van der Waals surface area contributed by atoms with Gasteiger partial charge in [-0.25, -0.2) is 13.1 Å². The van der Waals surface area contributed by atoms with Gasteiger partial charge in [-0.1, -0.05) is 0 Å². The van der Waals surface area contributed by atoms with Crippen LogP contribution in [0.3, 0.4) is 0 Å². The second-order valence-corrected chi connectivity index (χ2v) is 6.30. The van der Waals surface area contributed by atoms with Crippen molar-refractivity contribution in [3.63, 3.8) is 0 Å². The molecule has 0 aliphatic rings. The third kappa shape index (κ3) is 2.68. The summed E-state index contributed by atoms with van der Waals surface area (Å²) in [7, 11) is -2.17. The average Bonchev–Trinajstić information content (AvgIpc) is 3.05. The maximum absolute atomic E-state index is 12.5. The van der Waals surface area contributed by atoms with Gasteiger partial charge in [0.25, 0.3) is 0 Å². The Kier molecular flexibility index (Phi) is 3.82. The van der Waals surface area contributed by atoms with Gasteiger partial charge in [-0.2, -0.15) is 0 Å². The Morgan fingerprint density at radius 2 is 2.09 bits per heavy atom. The van der Waals surface area contributed by atoms with E-state index in [2.05, 4.69) is 9.71 Å². The van der Waals surface area contributed by atoms with Crippen LogP contribution in [-0.4, -0.2) is 20.5 Å². The number of fused-ring (bicyclic) bond motifs is 1. The van der Waals surface area contributed by atoms with Gasteiger partial charge in [0.15, 0.2) is 0 Å². The van der Waals surface area contributed by atoms with Crippen molar-refractivity contribution in [3.8, 4) is 5.75 Å². The van der Waals surface area contributed by atoms with Gasteiger partial charge in [0, 0.05) is 11.6 Å². The number of hydrogen-bond donors (Lipinski definition) is 1. The summed E-state index contributed by atoms with van der Waals surface area (Å²) in [5.74, 6) is 1.07. The number of hydrogen-bond acceptors (Lipinski definition) is 5. The van der Waals surface area contributed by atoms with Crippen LogP contribution in [0.1, 0.15) is 5.76 Å². The molecule has 0 saturated heterocycles. The van der Waals surface area contributed by atoms with E-state index in [1.54, 1.807) is 36.5 Å². The van der Waals surface area contributed by atoms with Crippen LogP contribution in [0, 0.1) is 0 Å². The lowest BCUT2D eigenvalue weighted by atomic mass is 10.2. The minimum Gasteiger partial charge on any atom is -0.494 e. The molecule has 0 bridgehead atoms. The van der Waals surface area contributed by atoms with E-state index < -0.39 is 10.0 Å². The lowest BCUT2D eigenvalue weighted by Gasteiger charge is -2.10. The molecule has 0 unspecified atom stereocenters. The zero-order valence-corrected chi connectivity index (χ0v) is 12.6. The summed E-state index contributed by atoms with van der Waals surface area (Å²) in [6, 6.07) is 9.90. The number of rotatable bonds is 5. The number of pyridine rings is 1. The Morgan fingerprint density at radius 1 is 1.23 bits per heavy atom. The Hall–Kier alpha value is -2.38. The molecule has 0 aliphatic heterocycles. The molecule has 0 fully saturated rings. The minimum atomic E-state index is -3.69. The van der Waals surface area contributed by atoms with E-state index in [1.807, 2.05) is 0 Å². The third-order valence-corrected chi connectivity index (χ3v) is 4.68. The van der Waals surface area contributed by atoms with Crippen LogP contribution in [0.15, 0.2) is 58.2 Å². The van der Waals surface area contributed by atoms with Crippen molar-refractivity contribution in [2.45, 2.75) is 11.4 Å². The molecule has 2 aromatic heterocycles. The molecule has 0 spiro atoms. The first-order valence-corrected chi connectivity index (χ1v) is 8.04. The first-order chi connectivity index (χ1) is 10.6. The van der Waals surface area contributed by atoms with Crippen molar-refractivity contribution in [2.75, 3.05) is 7.11 Å². The van der Waals surface area contributed by atoms with Crippen molar-refractivity contribution in [1.29, 1.82) is 0 Å². The van der Waals surface area contributed by atoms with Crippen molar-refractivity contribution in [3.05, 3.63) is 54.6 Å². The molecule has 3 aromatic rings. The molecule has 3 rings (SSSR count). The minimum absolute atomic E-state index is 0.0864. The molecule has 0 radical (unpaired) electrons. The molecule has 0 saturated carbocycles. The Morgan fingerprint density at radius 3 is 2.82 bits per heavy atom. The molecule has 0 amide bonds. The summed E-state index contributed by atoms with van der Waals surface area (Å²) < 4.78 is 37.9. The highest BCUT2D eigenvalue weighted by atomic mass is 32.2. The van der Waals surface area contributed by atoms with Crippen LogP contribution >= 0.6 is 0 Å². The van der Waals surface area contributed by atoms with Gasteiger partial charge in [0.05, 0.1) is 24.8 Å². The Balaban J connectivity index is 2.02. The average molecular weight is 318 g/mol. The first kappa shape index (κ1) is 14.6. The van der Waals surface area contributed by atoms with Gasteiger partial charge in [-0.3, -0.25) is 4.98 Å². The molecule has 7 heteroatoms. The summed E-state index contributed by atoms with van der Waals surface area (Å²) in [4.78, 5) is 4.36. The summed E-state index contributed by atoms with van der Waals surface area (Å²) >= 11 is 0. The number of benzene rings is 1. The maximum atomic E-state index is 12.5. The lowest BCUT2D eigenvalue weighted by Crippen LogP contribution is -2.23. The van der Waals surface area contributed by atoms with Crippen LogP contribution in [0.2, 0.25) is 0 Å². The third-order valence-electron chi connectivity index (χ3n) is 3.22. The van der Waals surface area contributed by atoms with Crippen molar-refractivity contribution >= 4 is 20.9 Å². The van der Waals surface area contributed by atoms with E-state index in [-0.39, 0.29) is 11.4 Å². The predicted molar refractivity (Wildman–Crippen MR) is 81.0 cm³/mol. The first-order valence-electron chi connectivity index (χ1n) is 6.55. The fraction of sp³-hybridized carbons (Fsp3) is 0.133. The van der Waals surface area contributed by atoms with Crippen LogP contribution in [-0.2, 0) is 16.6 Å². The van der Waals surface area contributed by atoms with Crippen molar-refractivity contribution in [2.24, 2.45) is 0 Å². The number of sulfonamides is 1. The highest BCUT2D eigenvalue weighted by Crippen LogP contribution is 2.29. The second-order valence-electron chi connectivity index (χ2n) is 4.57. The van der Waals surface area contributed by atoms with Gasteiger partial charge in [0.1, 0.15) is 17.0 Å². The van der Waals surface area contributed by atoms with E-state index in [4.69, 9.17) is 9.15 Å². The molecule has 0 atom stereocenters. The molecular formula is C15H14N2O4S. The van der Waals surface area contributed by atoms with E-state index in [0.29, 0.717) is 22.4 Å². The topological polar surface area (TPSA) is 81.4 Å². The van der Waals surface area contributed by atoms with Crippen LogP contribution in [0.5, 0.6) is 5.75 Å². The number of furan rings is 1. The number of aromatic nitrogens is 1. The Labute approximate surface area is 127 Å².